The Kier molecular flexibility index (Phi) is 4.40. The minimum absolute atomic E-state index is 0.0698. The molecule has 0 saturated heterocycles. The fourth-order valence-corrected chi connectivity index (χ4v) is 0.719. The lowest BCUT2D eigenvalue weighted by Gasteiger charge is -2.24. The van der Waals surface area contributed by atoms with Gasteiger partial charge >= 0.3 is 6.09 Å². The molecule has 5 heteroatoms. The van der Waals surface area contributed by atoms with Crippen molar-refractivity contribution in [1.29, 1.82) is 5.41 Å². The molecule has 0 fully saturated rings. The summed E-state index contributed by atoms with van der Waals surface area (Å²) in [5.74, 6) is 0.0698. The van der Waals surface area contributed by atoms with Crippen molar-refractivity contribution in [2.24, 2.45) is 5.73 Å². The number of hydrogen-bond acceptors (Lipinski definition) is 3. The van der Waals surface area contributed by atoms with E-state index in [0.29, 0.717) is 13.0 Å². The number of amides is 1. The van der Waals surface area contributed by atoms with Crippen LogP contribution in [0.25, 0.3) is 0 Å². The summed E-state index contributed by atoms with van der Waals surface area (Å²) in [6.07, 6.45) is -0.0193. The third-order valence-electron chi connectivity index (χ3n) is 1.42. The topological polar surface area (TPSA) is 79.4 Å². The Hall–Kier alpha value is -1.26. The molecule has 82 valence electrons. The highest BCUT2D eigenvalue weighted by atomic mass is 16.6. The monoisotopic (exact) mass is 201 g/mol. The number of hydrogen-bond donors (Lipinski definition) is 2. The van der Waals surface area contributed by atoms with Gasteiger partial charge in [-0.1, -0.05) is 0 Å². The Morgan fingerprint density at radius 2 is 2.00 bits per heavy atom. The van der Waals surface area contributed by atoms with E-state index < -0.39 is 11.7 Å². The number of nitrogens with two attached hydrogens (primary N) is 1. The summed E-state index contributed by atoms with van der Waals surface area (Å²) in [4.78, 5) is 12.8. The summed E-state index contributed by atoms with van der Waals surface area (Å²) in [5, 5.41) is 7.01. The van der Waals surface area contributed by atoms with Crippen LogP contribution < -0.4 is 5.73 Å². The highest BCUT2D eigenvalue weighted by Gasteiger charge is 2.19. The van der Waals surface area contributed by atoms with Crippen LogP contribution in [-0.4, -0.2) is 36.0 Å². The maximum atomic E-state index is 11.4. The molecule has 0 atom stereocenters. The predicted molar refractivity (Wildman–Crippen MR) is 55.4 cm³/mol. The van der Waals surface area contributed by atoms with Gasteiger partial charge in [-0.05, 0) is 20.8 Å². The standard InChI is InChI=1S/C9H19N3O2/c1-9(2,3)14-8(13)12(4)6-5-7(10)11/h5-6H2,1-4H3,(H3,10,11). The number of carbonyl (C=O) groups is 1. The zero-order valence-electron chi connectivity index (χ0n) is 9.26. The molecule has 0 radical (unpaired) electrons. The maximum Gasteiger partial charge on any atom is 0.410 e. The van der Waals surface area contributed by atoms with Crippen molar-refractivity contribution in [3.05, 3.63) is 0 Å². The van der Waals surface area contributed by atoms with E-state index in [1.807, 2.05) is 20.8 Å². The van der Waals surface area contributed by atoms with Crippen LogP contribution >= 0.6 is 0 Å². The lowest BCUT2D eigenvalue weighted by atomic mass is 10.2. The van der Waals surface area contributed by atoms with Gasteiger partial charge in [-0.25, -0.2) is 4.79 Å². The summed E-state index contributed by atoms with van der Waals surface area (Å²) in [6.45, 7) is 5.83. The number of nitrogens with zero attached hydrogens (tertiary/aromatic N) is 1. The Labute approximate surface area is 84.7 Å². The first kappa shape index (κ1) is 12.7. The number of ether oxygens (including phenoxy) is 1. The van der Waals surface area contributed by atoms with E-state index in [0.717, 1.165) is 0 Å². The van der Waals surface area contributed by atoms with E-state index in [2.05, 4.69) is 0 Å². The van der Waals surface area contributed by atoms with Gasteiger partial charge in [-0.15, -0.1) is 0 Å². The van der Waals surface area contributed by atoms with Crippen molar-refractivity contribution >= 4 is 11.9 Å². The SMILES string of the molecule is CN(CCC(=N)N)C(=O)OC(C)(C)C. The van der Waals surface area contributed by atoms with Crippen molar-refractivity contribution in [1.82, 2.24) is 4.90 Å². The van der Waals surface area contributed by atoms with Crippen molar-refractivity contribution in [3.63, 3.8) is 0 Å². The van der Waals surface area contributed by atoms with Crippen LogP contribution in [0.5, 0.6) is 0 Å². The molecule has 0 saturated carbocycles. The number of rotatable bonds is 3. The molecule has 14 heavy (non-hydrogen) atoms. The van der Waals surface area contributed by atoms with E-state index in [1.54, 1.807) is 7.05 Å². The fourth-order valence-electron chi connectivity index (χ4n) is 0.719. The van der Waals surface area contributed by atoms with Gasteiger partial charge in [0, 0.05) is 20.0 Å². The normalized spacial score (nSPS) is 10.9. The van der Waals surface area contributed by atoms with Crippen molar-refractivity contribution in [3.8, 4) is 0 Å². The molecule has 0 aromatic carbocycles. The summed E-state index contributed by atoms with van der Waals surface area (Å²) in [6, 6.07) is 0. The summed E-state index contributed by atoms with van der Waals surface area (Å²) in [5.41, 5.74) is 4.69. The lowest BCUT2D eigenvalue weighted by Crippen LogP contribution is -2.35. The molecule has 1 amide bonds. The van der Waals surface area contributed by atoms with E-state index >= 15 is 0 Å². The molecule has 0 aliphatic carbocycles. The van der Waals surface area contributed by atoms with Gasteiger partial charge in [0.2, 0.25) is 0 Å². The van der Waals surface area contributed by atoms with E-state index in [9.17, 15) is 4.79 Å². The van der Waals surface area contributed by atoms with Crippen molar-refractivity contribution in [2.75, 3.05) is 13.6 Å². The molecule has 0 aliphatic rings. The molecular formula is C9H19N3O2. The third-order valence-corrected chi connectivity index (χ3v) is 1.42. The summed E-state index contributed by atoms with van der Waals surface area (Å²) in [7, 11) is 1.62. The van der Waals surface area contributed by atoms with Crippen LogP contribution in [0.15, 0.2) is 0 Å². The quantitative estimate of drug-likeness (QED) is 0.531. The summed E-state index contributed by atoms with van der Waals surface area (Å²) < 4.78 is 5.11. The molecule has 0 bridgehead atoms. The van der Waals surface area contributed by atoms with Crippen LogP contribution in [0.4, 0.5) is 4.79 Å². The van der Waals surface area contributed by atoms with Gasteiger partial charge in [0.05, 0.1) is 5.84 Å². The first-order valence-electron chi connectivity index (χ1n) is 4.49. The van der Waals surface area contributed by atoms with Crippen LogP contribution in [-0.2, 0) is 4.74 Å². The van der Waals surface area contributed by atoms with Gasteiger partial charge in [-0.3, -0.25) is 5.41 Å². The Bertz CT molecular complexity index is 221. The zero-order chi connectivity index (χ0) is 11.4. The molecule has 0 aromatic rings. The van der Waals surface area contributed by atoms with Gasteiger partial charge in [-0.2, -0.15) is 0 Å². The molecule has 0 rings (SSSR count). The zero-order valence-corrected chi connectivity index (χ0v) is 9.26. The second kappa shape index (κ2) is 4.83. The average Bonchev–Trinajstić information content (AvgIpc) is 1.96. The molecule has 5 nitrogen and oxygen atoms in total. The van der Waals surface area contributed by atoms with Crippen LogP contribution in [0.1, 0.15) is 27.2 Å². The number of amidine groups is 1. The van der Waals surface area contributed by atoms with Crippen LogP contribution in [0.3, 0.4) is 0 Å². The Morgan fingerprint density at radius 3 is 2.36 bits per heavy atom. The first-order chi connectivity index (χ1) is 6.22. The summed E-state index contributed by atoms with van der Waals surface area (Å²) >= 11 is 0. The minimum Gasteiger partial charge on any atom is -0.444 e. The highest BCUT2D eigenvalue weighted by Crippen LogP contribution is 2.08. The molecule has 0 heterocycles. The second-order valence-electron chi connectivity index (χ2n) is 4.18. The van der Waals surface area contributed by atoms with Crippen LogP contribution in [0.2, 0.25) is 0 Å². The van der Waals surface area contributed by atoms with Gasteiger partial charge in [0.25, 0.3) is 0 Å². The molecule has 0 spiro atoms. The largest absolute Gasteiger partial charge is 0.444 e. The smallest absolute Gasteiger partial charge is 0.410 e. The highest BCUT2D eigenvalue weighted by molar-refractivity contribution is 5.77. The second-order valence-corrected chi connectivity index (χ2v) is 4.18. The molecule has 0 unspecified atom stereocenters. The molecular weight excluding hydrogens is 182 g/mol. The van der Waals surface area contributed by atoms with Crippen LogP contribution in [0, 0.1) is 5.41 Å². The average molecular weight is 201 g/mol. The lowest BCUT2D eigenvalue weighted by molar-refractivity contribution is 0.0303. The number of nitrogens with one attached hydrogen (secondary N) is 1. The van der Waals surface area contributed by atoms with Gasteiger partial charge in [0.15, 0.2) is 0 Å². The van der Waals surface area contributed by atoms with E-state index in [-0.39, 0.29) is 5.84 Å². The maximum absolute atomic E-state index is 11.4. The van der Waals surface area contributed by atoms with Crippen molar-refractivity contribution in [2.45, 2.75) is 32.8 Å². The van der Waals surface area contributed by atoms with E-state index in [1.165, 1.54) is 4.90 Å². The minimum atomic E-state index is -0.485. The Morgan fingerprint density at radius 1 is 1.50 bits per heavy atom. The molecule has 0 aromatic heterocycles. The predicted octanol–water partition coefficient (Wildman–Crippen LogP) is 1.18. The van der Waals surface area contributed by atoms with Crippen molar-refractivity contribution < 1.29 is 9.53 Å². The fraction of sp³-hybridized carbons (Fsp3) is 0.778. The molecule has 3 N–H and O–H groups in total. The first-order valence-corrected chi connectivity index (χ1v) is 4.49. The number of carbonyl (C=O) groups excluding carboxylic acids is 1. The molecule has 0 aliphatic heterocycles. The van der Waals surface area contributed by atoms with E-state index in [4.69, 9.17) is 15.9 Å². The van der Waals surface area contributed by atoms with Gasteiger partial charge in [0.1, 0.15) is 5.60 Å². The third kappa shape index (κ3) is 6.28. The Balaban J connectivity index is 3.94. The van der Waals surface area contributed by atoms with Gasteiger partial charge < -0.3 is 15.4 Å².